The van der Waals surface area contributed by atoms with Gasteiger partial charge in [0.2, 0.25) is 5.96 Å². The molecule has 0 amide bonds. The molecule has 82 valence electrons. The van der Waals surface area contributed by atoms with Crippen molar-refractivity contribution in [1.29, 1.82) is 0 Å². The number of aryl methyl sites for hydroxylation is 2. The standard InChI is InChI=1S/C10H15FN4/c1-6-3-8(4-7(2)9(6)11)5-14-10(12)15-13/h3-4H,5,13H2,1-2H3,(H3,12,14,15). The van der Waals surface area contributed by atoms with Crippen LogP contribution in [0, 0.1) is 19.7 Å². The highest BCUT2D eigenvalue weighted by Crippen LogP contribution is 2.15. The fourth-order valence-electron chi connectivity index (χ4n) is 1.35. The monoisotopic (exact) mass is 210 g/mol. The van der Waals surface area contributed by atoms with Crippen molar-refractivity contribution in [2.45, 2.75) is 20.4 Å². The number of rotatable bonds is 2. The zero-order valence-corrected chi connectivity index (χ0v) is 8.84. The average Bonchev–Trinajstić information content (AvgIpc) is 2.22. The molecule has 0 bridgehead atoms. The molecule has 0 atom stereocenters. The van der Waals surface area contributed by atoms with Crippen molar-refractivity contribution in [2.24, 2.45) is 16.6 Å². The lowest BCUT2D eigenvalue weighted by atomic mass is 10.1. The van der Waals surface area contributed by atoms with Gasteiger partial charge in [0.15, 0.2) is 0 Å². The molecule has 1 aromatic rings. The van der Waals surface area contributed by atoms with Crippen molar-refractivity contribution < 1.29 is 4.39 Å². The van der Waals surface area contributed by atoms with Crippen molar-refractivity contribution in [1.82, 2.24) is 5.43 Å². The van der Waals surface area contributed by atoms with Crippen LogP contribution in [0.15, 0.2) is 17.1 Å². The second-order valence-electron chi connectivity index (χ2n) is 3.39. The van der Waals surface area contributed by atoms with Crippen LogP contribution in [0.4, 0.5) is 4.39 Å². The Balaban J connectivity index is 2.88. The van der Waals surface area contributed by atoms with Gasteiger partial charge in [0.25, 0.3) is 0 Å². The average molecular weight is 210 g/mol. The summed E-state index contributed by atoms with van der Waals surface area (Å²) >= 11 is 0. The number of hydrogen-bond donors (Lipinski definition) is 3. The van der Waals surface area contributed by atoms with Crippen molar-refractivity contribution in [3.63, 3.8) is 0 Å². The lowest BCUT2D eigenvalue weighted by Crippen LogP contribution is -2.37. The maximum atomic E-state index is 13.3. The maximum absolute atomic E-state index is 13.3. The molecule has 15 heavy (non-hydrogen) atoms. The van der Waals surface area contributed by atoms with E-state index in [9.17, 15) is 4.39 Å². The normalized spacial score (nSPS) is 11.6. The molecule has 0 spiro atoms. The molecule has 0 aliphatic carbocycles. The summed E-state index contributed by atoms with van der Waals surface area (Å²) in [5, 5.41) is 0. The molecule has 1 aromatic carbocycles. The van der Waals surface area contributed by atoms with Crippen molar-refractivity contribution >= 4 is 5.96 Å². The molecule has 0 aromatic heterocycles. The predicted octanol–water partition coefficient (Wildman–Crippen LogP) is 0.721. The highest BCUT2D eigenvalue weighted by molar-refractivity contribution is 5.77. The number of hydrogen-bond acceptors (Lipinski definition) is 2. The summed E-state index contributed by atoms with van der Waals surface area (Å²) < 4.78 is 13.3. The summed E-state index contributed by atoms with van der Waals surface area (Å²) in [6.45, 7) is 3.83. The summed E-state index contributed by atoms with van der Waals surface area (Å²) in [5.74, 6) is 5.04. The molecule has 0 radical (unpaired) electrons. The summed E-state index contributed by atoms with van der Waals surface area (Å²) in [6, 6.07) is 3.49. The number of benzene rings is 1. The predicted molar refractivity (Wildman–Crippen MR) is 58.5 cm³/mol. The van der Waals surface area contributed by atoms with Gasteiger partial charge in [0, 0.05) is 0 Å². The highest BCUT2D eigenvalue weighted by Gasteiger charge is 2.03. The summed E-state index contributed by atoms with van der Waals surface area (Å²) in [4.78, 5) is 3.96. The Kier molecular flexibility index (Phi) is 3.62. The fraction of sp³-hybridized carbons (Fsp3) is 0.300. The zero-order valence-electron chi connectivity index (χ0n) is 8.84. The highest BCUT2D eigenvalue weighted by atomic mass is 19.1. The van der Waals surface area contributed by atoms with E-state index < -0.39 is 0 Å². The van der Waals surface area contributed by atoms with Gasteiger partial charge < -0.3 is 5.73 Å². The largest absolute Gasteiger partial charge is 0.369 e. The third-order valence-electron chi connectivity index (χ3n) is 2.08. The van der Waals surface area contributed by atoms with Gasteiger partial charge in [-0.3, -0.25) is 5.43 Å². The molecule has 0 saturated carbocycles. The minimum Gasteiger partial charge on any atom is -0.369 e. The van der Waals surface area contributed by atoms with Crippen molar-refractivity contribution in [2.75, 3.05) is 0 Å². The first-order chi connectivity index (χ1) is 7.04. The van der Waals surface area contributed by atoms with Crippen LogP contribution in [0.1, 0.15) is 16.7 Å². The Morgan fingerprint density at radius 1 is 1.40 bits per heavy atom. The van der Waals surface area contributed by atoms with Gasteiger partial charge in [0.05, 0.1) is 6.54 Å². The van der Waals surface area contributed by atoms with E-state index in [0.29, 0.717) is 17.7 Å². The number of nitrogens with two attached hydrogens (primary N) is 2. The molecule has 0 fully saturated rings. The van der Waals surface area contributed by atoms with Crippen LogP contribution in [0.2, 0.25) is 0 Å². The van der Waals surface area contributed by atoms with E-state index in [-0.39, 0.29) is 11.8 Å². The molecule has 5 N–H and O–H groups in total. The summed E-state index contributed by atoms with van der Waals surface area (Å²) in [6.07, 6.45) is 0. The molecule has 4 nitrogen and oxygen atoms in total. The maximum Gasteiger partial charge on any atom is 0.203 e. The number of hydrazine groups is 1. The SMILES string of the molecule is Cc1cc(CN=C(N)NN)cc(C)c1F. The van der Waals surface area contributed by atoms with Crippen LogP contribution in [0.3, 0.4) is 0 Å². The van der Waals surface area contributed by atoms with Crippen LogP contribution in [0.25, 0.3) is 0 Å². The Morgan fingerprint density at radius 3 is 2.40 bits per heavy atom. The Bertz CT molecular complexity index is 364. The lowest BCUT2D eigenvalue weighted by Gasteiger charge is -2.05. The van der Waals surface area contributed by atoms with Crippen LogP contribution in [0.5, 0.6) is 0 Å². The van der Waals surface area contributed by atoms with Crippen LogP contribution in [-0.4, -0.2) is 5.96 Å². The number of guanidine groups is 1. The van der Waals surface area contributed by atoms with Gasteiger partial charge in [-0.2, -0.15) is 0 Å². The molecular formula is C10H15FN4. The van der Waals surface area contributed by atoms with Crippen LogP contribution >= 0.6 is 0 Å². The first kappa shape index (κ1) is 11.5. The molecule has 5 heteroatoms. The van der Waals surface area contributed by atoms with Gasteiger partial charge in [-0.05, 0) is 30.5 Å². The first-order valence-electron chi connectivity index (χ1n) is 4.56. The number of halogens is 1. The van der Waals surface area contributed by atoms with Crippen LogP contribution < -0.4 is 17.0 Å². The zero-order chi connectivity index (χ0) is 11.4. The molecule has 0 aliphatic heterocycles. The van der Waals surface area contributed by atoms with Gasteiger partial charge in [-0.25, -0.2) is 15.2 Å². The third kappa shape index (κ3) is 2.92. The summed E-state index contributed by atoms with van der Waals surface area (Å²) in [5.41, 5.74) is 9.72. The lowest BCUT2D eigenvalue weighted by molar-refractivity contribution is 0.608. The van der Waals surface area contributed by atoms with E-state index in [2.05, 4.69) is 10.4 Å². The number of nitrogens with zero attached hydrogens (tertiary/aromatic N) is 1. The molecule has 0 saturated heterocycles. The van der Waals surface area contributed by atoms with E-state index >= 15 is 0 Å². The minimum atomic E-state index is -0.173. The van der Waals surface area contributed by atoms with E-state index in [1.54, 1.807) is 26.0 Å². The van der Waals surface area contributed by atoms with E-state index in [4.69, 9.17) is 11.6 Å². The minimum absolute atomic E-state index is 0.162. The number of nitrogens with one attached hydrogen (secondary N) is 1. The Hall–Kier alpha value is -1.62. The molecular weight excluding hydrogens is 195 g/mol. The van der Waals surface area contributed by atoms with Gasteiger partial charge in [-0.1, -0.05) is 12.1 Å². The van der Waals surface area contributed by atoms with E-state index in [1.165, 1.54) is 0 Å². The van der Waals surface area contributed by atoms with Crippen molar-refractivity contribution in [3.05, 3.63) is 34.6 Å². The second-order valence-corrected chi connectivity index (χ2v) is 3.39. The van der Waals surface area contributed by atoms with E-state index in [0.717, 1.165) is 5.56 Å². The Morgan fingerprint density at radius 2 is 1.93 bits per heavy atom. The van der Waals surface area contributed by atoms with Gasteiger partial charge in [-0.15, -0.1) is 0 Å². The van der Waals surface area contributed by atoms with E-state index in [1.807, 2.05) is 0 Å². The molecule has 0 heterocycles. The second kappa shape index (κ2) is 4.75. The molecule has 0 unspecified atom stereocenters. The van der Waals surface area contributed by atoms with Gasteiger partial charge in [0.1, 0.15) is 5.82 Å². The topological polar surface area (TPSA) is 76.4 Å². The summed E-state index contributed by atoms with van der Waals surface area (Å²) in [7, 11) is 0. The number of aliphatic imine (C=N–C) groups is 1. The fourth-order valence-corrected chi connectivity index (χ4v) is 1.35. The van der Waals surface area contributed by atoms with Gasteiger partial charge >= 0.3 is 0 Å². The molecule has 1 rings (SSSR count). The third-order valence-corrected chi connectivity index (χ3v) is 2.08. The Labute approximate surface area is 88.2 Å². The quantitative estimate of drug-likeness (QED) is 0.291. The molecule has 0 aliphatic rings. The van der Waals surface area contributed by atoms with Crippen molar-refractivity contribution in [3.8, 4) is 0 Å². The first-order valence-corrected chi connectivity index (χ1v) is 4.56. The smallest absolute Gasteiger partial charge is 0.203 e. The van der Waals surface area contributed by atoms with Crippen LogP contribution in [-0.2, 0) is 6.54 Å².